The molecular weight excluding hydrogens is 1010 g/mol. The van der Waals surface area contributed by atoms with Crippen LogP contribution in [0.2, 0.25) is 0 Å². The molecule has 0 radical (unpaired) electrons. The molecule has 6 rings (SSSR count). The Kier molecular flexibility index (Phi) is 23.0. The third-order valence-electron chi connectivity index (χ3n) is 14.0. The number of amides is 1. The summed E-state index contributed by atoms with van der Waals surface area (Å²) in [5.41, 5.74) is -0.798. The first-order chi connectivity index (χ1) is 37.5. The summed E-state index contributed by atoms with van der Waals surface area (Å²) in [4.78, 5) is 78.7. The van der Waals surface area contributed by atoms with Crippen LogP contribution in [0.1, 0.15) is 120 Å². The number of esters is 3. The van der Waals surface area contributed by atoms with Crippen LogP contribution in [0.25, 0.3) is 0 Å². The predicted molar refractivity (Wildman–Crippen MR) is 287 cm³/mol. The lowest BCUT2D eigenvalue weighted by molar-refractivity contribution is -0.277. The number of carbonyl (C=O) groups excluding carboxylic acids is 4. The summed E-state index contributed by atoms with van der Waals surface area (Å²) < 4.78 is 54.9. The fourth-order valence-electron chi connectivity index (χ4n) is 10.2. The minimum Gasteiger partial charge on any atom is -0.497 e. The van der Waals surface area contributed by atoms with Gasteiger partial charge in [0.25, 0.3) is 5.56 Å². The zero-order valence-electron chi connectivity index (χ0n) is 46.0. The zero-order valence-corrected chi connectivity index (χ0v) is 46.0. The number of unbranched alkanes of at least 4 members (excludes halogenated alkanes) is 9. The van der Waals surface area contributed by atoms with E-state index in [1.807, 2.05) is 78.9 Å². The molecule has 0 unspecified atom stereocenters. The molecule has 1 aromatic heterocycles. The highest BCUT2D eigenvalue weighted by atomic mass is 16.7. The third kappa shape index (κ3) is 16.6. The molecule has 4 aromatic rings. The first-order valence-corrected chi connectivity index (χ1v) is 26.8. The van der Waals surface area contributed by atoms with Gasteiger partial charge >= 0.3 is 23.6 Å². The van der Waals surface area contributed by atoms with Gasteiger partial charge < -0.3 is 53.1 Å². The number of rotatable bonds is 29. The highest BCUT2D eigenvalue weighted by Gasteiger charge is 2.51. The van der Waals surface area contributed by atoms with Crippen molar-refractivity contribution in [2.24, 2.45) is 0 Å². The van der Waals surface area contributed by atoms with Gasteiger partial charge in [-0.15, -0.1) is 0 Å². The number of aliphatic hydroxyl groups is 1. The molecule has 0 saturated carbocycles. The largest absolute Gasteiger partial charge is 0.497 e. The molecule has 20 nitrogen and oxygen atoms in total. The van der Waals surface area contributed by atoms with Crippen LogP contribution in [0.5, 0.6) is 11.5 Å². The average Bonchev–Trinajstić information content (AvgIpc) is 3.54. The van der Waals surface area contributed by atoms with E-state index in [2.05, 4.69) is 15.2 Å². The van der Waals surface area contributed by atoms with E-state index < -0.39 is 89.7 Å². The second-order valence-electron chi connectivity index (χ2n) is 20.0. The van der Waals surface area contributed by atoms with Crippen molar-refractivity contribution < 1.29 is 66.9 Å². The third-order valence-corrected chi connectivity index (χ3v) is 14.0. The molecule has 1 amide bonds. The van der Waals surface area contributed by atoms with Crippen molar-refractivity contribution in [3.63, 3.8) is 0 Å². The number of hydrogen-bond acceptors (Lipinski definition) is 17. The van der Waals surface area contributed by atoms with Crippen molar-refractivity contribution in [1.82, 2.24) is 19.8 Å². The van der Waals surface area contributed by atoms with Crippen LogP contribution in [0.4, 0.5) is 0 Å². The first-order valence-electron chi connectivity index (χ1n) is 26.8. The first kappa shape index (κ1) is 60.8. The maximum Gasteiger partial charge on any atom is 0.330 e. The van der Waals surface area contributed by atoms with Crippen LogP contribution in [0.15, 0.2) is 94.6 Å². The van der Waals surface area contributed by atoms with E-state index in [-0.39, 0.29) is 19.8 Å². The topological polar surface area (TPSA) is 242 Å². The average molecular weight is 1090 g/mol. The highest BCUT2D eigenvalue weighted by Crippen LogP contribution is 2.43. The van der Waals surface area contributed by atoms with Gasteiger partial charge in [-0.3, -0.25) is 38.4 Å². The Morgan fingerprint density at radius 2 is 1.29 bits per heavy atom. The number of methoxy groups -OCH3 is 2. The molecule has 20 heteroatoms. The number of aryl methyl sites for hydroxylation is 1. The number of H-pyrrole nitrogens is 1. The molecule has 3 N–H and O–H groups in total. The van der Waals surface area contributed by atoms with E-state index in [0.717, 1.165) is 74.5 Å². The fraction of sp³-hybridized carbons (Fsp3) is 0.552. The quantitative estimate of drug-likeness (QED) is 0.0244. The summed E-state index contributed by atoms with van der Waals surface area (Å²) in [5.74, 6) is -1.03. The van der Waals surface area contributed by atoms with Gasteiger partial charge in [0, 0.05) is 59.2 Å². The van der Waals surface area contributed by atoms with Crippen molar-refractivity contribution in [2.75, 3.05) is 60.3 Å². The van der Waals surface area contributed by atoms with E-state index in [1.165, 1.54) is 38.5 Å². The molecule has 0 bridgehead atoms. The molecule has 3 heterocycles. The summed E-state index contributed by atoms with van der Waals surface area (Å²) in [7, 11) is 3.23. The number of nitrogens with zero attached hydrogens (tertiary/aromatic N) is 2. The number of carbonyl (C=O) groups is 4. The number of nitrogens with one attached hydrogen (secondary N) is 2. The van der Waals surface area contributed by atoms with Gasteiger partial charge in [-0.25, -0.2) is 4.79 Å². The number of aliphatic hydroxyl groups excluding tert-OH is 1. The fourth-order valence-corrected chi connectivity index (χ4v) is 10.2. The van der Waals surface area contributed by atoms with Gasteiger partial charge in [0.1, 0.15) is 41.5 Å². The van der Waals surface area contributed by atoms with Gasteiger partial charge in [0.05, 0.1) is 27.4 Å². The molecular formula is C58H78N4O16. The molecule has 426 valence electrons. The number of hydrogen-bond donors (Lipinski definition) is 3. The molecule has 78 heavy (non-hydrogen) atoms. The van der Waals surface area contributed by atoms with Gasteiger partial charge in [-0.2, -0.15) is 0 Å². The van der Waals surface area contributed by atoms with Crippen LogP contribution in [-0.2, 0) is 57.9 Å². The van der Waals surface area contributed by atoms with Crippen molar-refractivity contribution in [2.45, 2.75) is 147 Å². The maximum atomic E-state index is 13.4. The van der Waals surface area contributed by atoms with Crippen LogP contribution >= 0.6 is 0 Å². The Morgan fingerprint density at radius 3 is 1.83 bits per heavy atom. The Morgan fingerprint density at radius 1 is 0.744 bits per heavy atom. The van der Waals surface area contributed by atoms with Crippen molar-refractivity contribution in [1.29, 1.82) is 0 Å². The highest BCUT2D eigenvalue weighted by molar-refractivity contribution is 5.73. The Bertz CT molecular complexity index is 2620. The van der Waals surface area contributed by atoms with E-state index in [4.69, 9.17) is 42.6 Å². The van der Waals surface area contributed by atoms with Crippen molar-refractivity contribution >= 4 is 23.8 Å². The second kappa shape index (κ2) is 29.5. The van der Waals surface area contributed by atoms with Crippen LogP contribution in [0.3, 0.4) is 0 Å². The summed E-state index contributed by atoms with van der Waals surface area (Å²) >= 11 is 0. The summed E-state index contributed by atoms with van der Waals surface area (Å²) in [6.07, 6.45) is 5.79. The SMILES string of the molecule is COc1ccc(C(OC[C@]2(CO)CN(CCCCCCCCCCCCO[C@@H]3O[C@H](COC(C)=O)[C@H](OC(C)=O)[C@H](OC(C)=O)[C@H]3NC(C)=O)C[C@H](n3cc(C)c(=O)[nH]c3=O)O2)(c2ccccc2)c2ccc(OC)cc2)cc1. The van der Waals surface area contributed by atoms with Gasteiger partial charge in [0.15, 0.2) is 24.7 Å². The standard InChI is InChI=1S/C58H78N4O16/c1-39-33-62(56(69)60-54(39)68)50-34-61(36-57(37-63,78-50)38-74-58(44-21-17-16-18-22-44,45-23-27-47(70-6)28-24-45)46-25-29-48(71-7)30-26-46)31-19-14-12-10-8-9-11-13-15-20-32-72-55-51(59-40(2)64)53(76-43(5)67)52(75-42(4)66)49(77-55)35-73-41(3)65/h16-18,21-30,33,49-53,55,63H,8-15,19-20,31-32,34-38H2,1-7H3,(H,59,64)(H,60,68,69)/t49-,50-,51-,52+,53-,55-,57-/m1/s1. The number of aromatic nitrogens is 2. The van der Waals surface area contributed by atoms with Gasteiger partial charge in [-0.05, 0) is 67.3 Å². The Hall–Kier alpha value is -6.42. The predicted octanol–water partition coefficient (Wildman–Crippen LogP) is 6.01. The second-order valence-corrected chi connectivity index (χ2v) is 20.0. The molecule has 3 aromatic carbocycles. The van der Waals surface area contributed by atoms with Gasteiger partial charge in [-0.1, -0.05) is 106 Å². The summed E-state index contributed by atoms with van der Waals surface area (Å²) in [6.45, 7) is 7.31. The number of morpholine rings is 1. The van der Waals surface area contributed by atoms with E-state index in [1.54, 1.807) is 21.1 Å². The molecule has 2 saturated heterocycles. The van der Waals surface area contributed by atoms with Crippen molar-refractivity contribution in [3.8, 4) is 11.5 Å². The Labute approximate surface area is 455 Å². The van der Waals surface area contributed by atoms with Gasteiger partial charge in [0.2, 0.25) is 5.91 Å². The molecule has 2 aliphatic heterocycles. The molecule has 2 fully saturated rings. The molecule has 0 aliphatic carbocycles. The van der Waals surface area contributed by atoms with Crippen LogP contribution in [0, 0.1) is 6.92 Å². The minimum absolute atomic E-state index is 0.0849. The number of benzene rings is 3. The lowest BCUT2D eigenvalue weighted by Gasteiger charge is -2.47. The lowest BCUT2D eigenvalue weighted by atomic mass is 9.79. The van der Waals surface area contributed by atoms with E-state index in [0.29, 0.717) is 43.1 Å². The molecule has 2 aliphatic rings. The van der Waals surface area contributed by atoms with Crippen molar-refractivity contribution in [3.05, 3.63) is 128 Å². The van der Waals surface area contributed by atoms with E-state index in [9.17, 15) is 33.9 Å². The number of aromatic amines is 1. The zero-order chi connectivity index (χ0) is 56.2. The lowest BCUT2D eigenvalue weighted by Crippen LogP contribution is -2.66. The summed E-state index contributed by atoms with van der Waals surface area (Å²) in [5, 5.41) is 14.1. The minimum atomic E-state index is -1.31. The monoisotopic (exact) mass is 1090 g/mol. The molecule has 7 atom stereocenters. The maximum absolute atomic E-state index is 13.4. The smallest absolute Gasteiger partial charge is 0.330 e. The Balaban J connectivity index is 1.04. The summed E-state index contributed by atoms with van der Waals surface area (Å²) in [6, 6.07) is 24.2. The normalized spacial score (nSPS) is 21.5. The van der Waals surface area contributed by atoms with Crippen LogP contribution < -0.4 is 26.0 Å². The van der Waals surface area contributed by atoms with Crippen LogP contribution in [-0.4, -0.2) is 140 Å². The molecule has 0 spiro atoms. The van der Waals surface area contributed by atoms with E-state index >= 15 is 0 Å². The number of ether oxygens (including phenoxy) is 9.